The number of allylic oxidation sites excluding steroid dienone is 2. The first kappa shape index (κ1) is 16.2. The third-order valence-corrected chi connectivity index (χ3v) is 3.89. The van der Waals surface area contributed by atoms with E-state index >= 15 is 0 Å². The second-order valence-electron chi connectivity index (χ2n) is 5.69. The lowest BCUT2D eigenvalue weighted by Crippen LogP contribution is -2.05. The molecule has 0 radical (unpaired) electrons. The van der Waals surface area contributed by atoms with Crippen LogP contribution in [0.15, 0.2) is 42.6 Å². The van der Waals surface area contributed by atoms with E-state index in [-0.39, 0.29) is 0 Å². The van der Waals surface area contributed by atoms with Gasteiger partial charge in [-0.05, 0) is 19.4 Å². The lowest BCUT2D eigenvalue weighted by molar-refractivity contribution is 0.193. The fourth-order valence-electron chi connectivity index (χ4n) is 2.42. The van der Waals surface area contributed by atoms with Gasteiger partial charge in [0.05, 0.1) is 6.61 Å². The highest BCUT2D eigenvalue weighted by atomic mass is 16.5. The van der Waals surface area contributed by atoms with Crippen LogP contribution in [0.5, 0.6) is 0 Å². The SMILES string of the molecule is C=C/C(C)=C\CNc1nccc(Nc2cc(C3CCOC3)[nH]n2)n1. The first-order valence-electron chi connectivity index (χ1n) is 8.01. The molecule has 0 spiro atoms. The Bertz CT molecular complexity index is 717. The number of anilines is 3. The third kappa shape index (κ3) is 4.20. The van der Waals surface area contributed by atoms with Crippen LogP contribution in [0.3, 0.4) is 0 Å². The molecule has 2 aromatic heterocycles. The average Bonchev–Trinajstić information content (AvgIpc) is 3.26. The highest BCUT2D eigenvalue weighted by Crippen LogP contribution is 2.25. The minimum absolute atomic E-state index is 0.399. The van der Waals surface area contributed by atoms with Crippen LogP contribution in [-0.2, 0) is 4.74 Å². The van der Waals surface area contributed by atoms with Crippen LogP contribution >= 0.6 is 0 Å². The summed E-state index contributed by atoms with van der Waals surface area (Å²) in [4.78, 5) is 8.64. The quantitative estimate of drug-likeness (QED) is 0.678. The maximum Gasteiger partial charge on any atom is 0.224 e. The van der Waals surface area contributed by atoms with Crippen molar-refractivity contribution < 1.29 is 4.74 Å². The molecular formula is C17H22N6O. The standard InChI is InChI=1S/C17H22N6O/c1-3-12(2)4-7-18-17-19-8-5-15(21-17)20-16-10-14(22-23-16)13-6-9-24-11-13/h3-5,8,10,13H,1,6-7,9,11H2,2H3,(H3,18,19,20,21,22,23)/b12-4-. The average molecular weight is 326 g/mol. The summed E-state index contributed by atoms with van der Waals surface area (Å²) >= 11 is 0. The summed E-state index contributed by atoms with van der Waals surface area (Å²) < 4.78 is 5.41. The lowest BCUT2D eigenvalue weighted by Gasteiger charge is -2.05. The molecule has 7 heteroatoms. The molecule has 1 atom stereocenters. The Balaban J connectivity index is 1.61. The molecule has 0 amide bonds. The van der Waals surface area contributed by atoms with E-state index in [2.05, 4.69) is 37.4 Å². The smallest absolute Gasteiger partial charge is 0.224 e. The monoisotopic (exact) mass is 326 g/mol. The fraction of sp³-hybridized carbons (Fsp3) is 0.353. The van der Waals surface area contributed by atoms with Crippen molar-refractivity contribution in [2.24, 2.45) is 0 Å². The normalized spacial score (nSPS) is 17.7. The molecule has 1 saturated heterocycles. The zero-order valence-corrected chi connectivity index (χ0v) is 13.7. The molecule has 3 heterocycles. The summed E-state index contributed by atoms with van der Waals surface area (Å²) in [5.74, 6) is 2.39. The van der Waals surface area contributed by atoms with Crippen molar-refractivity contribution in [3.8, 4) is 0 Å². The number of aromatic nitrogens is 4. The molecule has 1 aliphatic rings. The Hall–Kier alpha value is -2.67. The Morgan fingerprint density at radius 1 is 1.50 bits per heavy atom. The number of nitrogens with zero attached hydrogens (tertiary/aromatic N) is 3. The molecule has 24 heavy (non-hydrogen) atoms. The maximum atomic E-state index is 5.41. The van der Waals surface area contributed by atoms with Gasteiger partial charge in [-0.1, -0.05) is 24.3 Å². The summed E-state index contributed by atoms with van der Waals surface area (Å²) in [5, 5.41) is 13.7. The highest BCUT2D eigenvalue weighted by molar-refractivity contribution is 5.53. The van der Waals surface area contributed by atoms with E-state index < -0.39 is 0 Å². The van der Waals surface area contributed by atoms with Crippen molar-refractivity contribution in [2.45, 2.75) is 19.3 Å². The largest absolute Gasteiger partial charge is 0.381 e. The van der Waals surface area contributed by atoms with Crippen molar-refractivity contribution in [1.29, 1.82) is 0 Å². The Labute approximate surface area is 141 Å². The minimum atomic E-state index is 0.399. The summed E-state index contributed by atoms with van der Waals surface area (Å²) in [6, 6.07) is 3.81. The first-order valence-corrected chi connectivity index (χ1v) is 8.01. The molecule has 7 nitrogen and oxygen atoms in total. The maximum absolute atomic E-state index is 5.41. The molecule has 2 aromatic rings. The predicted molar refractivity (Wildman–Crippen MR) is 94.5 cm³/mol. The molecule has 1 aliphatic heterocycles. The van der Waals surface area contributed by atoms with Gasteiger partial charge in [0, 0.05) is 37.0 Å². The van der Waals surface area contributed by atoms with Gasteiger partial charge in [-0.2, -0.15) is 10.1 Å². The molecule has 1 fully saturated rings. The summed E-state index contributed by atoms with van der Waals surface area (Å²) in [6.45, 7) is 7.93. The van der Waals surface area contributed by atoms with E-state index in [1.54, 1.807) is 6.20 Å². The Morgan fingerprint density at radius 3 is 3.21 bits per heavy atom. The number of hydrogen-bond donors (Lipinski definition) is 3. The number of ether oxygens (including phenoxy) is 1. The molecule has 0 aromatic carbocycles. The van der Waals surface area contributed by atoms with Crippen molar-refractivity contribution in [1.82, 2.24) is 20.2 Å². The first-order chi connectivity index (χ1) is 11.7. The molecule has 0 aliphatic carbocycles. The summed E-state index contributed by atoms with van der Waals surface area (Å²) in [6.07, 6.45) is 6.58. The second kappa shape index (κ2) is 7.74. The number of H-pyrrole nitrogens is 1. The van der Waals surface area contributed by atoms with Gasteiger partial charge in [0.1, 0.15) is 5.82 Å². The van der Waals surface area contributed by atoms with E-state index in [9.17, 15) is 0 Å². The topological polar surface area (TPSA) is 87.8 Å². The number of aromatic amines is 1. The van der Waals surface area contributed by atoms with Gasteiger partial charge < -0.3 is 15.4 Å². The minimum Gasteiger partial charge on any atom is -0.381 e. The molecule has 0 saturated carbocycles. The van der Waals surface area contributed by atoms with Gasteiger partial charge in [0.25, 0.3) is 0 Å². The van der Waals surface area contributed by atoms with Crippen LogP contribution in [-0.4, -0.2) is 39.9 Å². The van der Waals surface area contributed by atoms with Crippen molar-refractivity contribution in [2.75, 3.05) is 30.4 Å². The zero-order valence-electron chi connectivity index (χ0n) is 13.7. The van der Waals surface area contributed by atoms with Crippen molar-refractivity contribution in [3.63, 3.8) is 0 Å². The highest BCUT2D eigenvalue weighted by Gasteiger charge is 2.19. The van der Waals surface area contributed by atoms with Crippen LogP contribution in [0.4, 0.5) is 17.6 Å². The lowest BCUT2D eigenvalue weighted by atomic mass is 10.1. The van der Waals surface area contributed by atoms with Gasteiger partial charge in [-0.25, -0.2) is 4.98 Å². The molecule has 126 valence electrons. The molecular weight excluding hydrogens is 304 g/mol. The van der Waals surface area contributed by atoms with Crippen LogP contribution in [0, 0.1) is 0 Å². The summed E-state index contributed by atoms with van der Waals surface area (Å²) in [5.41, 5.74) is 2.20. The molecule has 3 N–H and O–H groups in total. The Kier molecular flexibility index (Phi) is 5.22. The predicted octanol–water partition coefficient (Wildman–Crippen LogP) is 2.99. The van der Waals surface area contributed by atoms with Crippen molar-refractivity contribution >= 4 is 17.6 Å². The van der Waals surface area contributed by atoms with Gasteiger partial charge in [0.2, 0.25) is 5.95 Å². The van der Waals surface area contributed by atoms with Gasteiger partial charge in [-0.3, -0.25) is 5.10 Å². The van der Waals surface area contributed by atoms with E-state index in [0.29, 0.717) is 24.2 Å². The van der Waals surface area contributed by atoms with E-state index in [4.69, 9.17) is 4.74 Å². The van der Waals surface area contributed by atoms with E-state index in [1.165, 1.54) is 0 Å². The van der Waals surface area contributed by atoms with Crippen LogP contribution in [0.1, 0.15) is 25.0 Å². The second-order valence-corrected chi connectivity index (χ2v) is 5.69. The van der Waals surface area contributed by atoms with Gasteiger partial charge >= 0.3 is 0 Å². The van der Waals surface area contributed by atoms with Crippen LogP contribution < -0.4 is 10.6 Å². The molecule has 3 rings (SSSR count). The van der Waals surface area contributed by atoms with E-state index in [1.807, 2.05) is 31.2 Å². The fourth-order valence-corrected chi connectivity index (χ4v) is 2.42. The Morgan fingerprint density at radius 2 is 2.42 bits per heavy atom. The zero-order chi connectivity index (χ0) is 16.8. The number of rotatable bonds is 7. The van der Waals surface area contributed by atoms with Crippen molar-refractivity contribution in [3.05, 3.63) is 48.3 Å². The molecule has 0 bridgehead atoms. The van der Waals surface area contributed by atoms with Gasteiger partial charge in [-0.15, -0.1) is 0 Å². The summed E-state index contributed by atoms with van der Waals surface area (Å²) in [7, 11) is 0. The number of hydrogen-bond acceptors (Lipinski definition) is 6. The van der Waals surface area contributed by atoms with Crippen LogP contribution in [0.2, 0.25) is 0 Å². The third-order valence-electron chi connectivity index (χ3n) is 3.89. The van der Waals surface area contributed by atoms with Gasteiger partial charge in [0.15, 0.2) is 5.82 Å². The number of nitrogens with one attached hydrogen (secondary N) is 3. The van der Waals surface area contributed by atoms with E-state index in [0.717, 1.165) is 36.7 Å². The molecule has 1 unspecified atom stereocenters. The van der Waals surface area contributed by atoms with Crippen LogP contribution in [0.25, 0.3) is 0 Å².